The van der Waals surface area contributed by atoms with Crippen molar-refractivity contribution < 1.29 is 19.0 Å². The molecule has 0 saturated carbocycles. The lowest BCUT2D eigenvalue weighted by Gasteiger charge is -2.18. The quantitative estimate of drug-likeness (QED) is 0.576. The smallest absolute Gasteiger partial charge is 0.135 e. The van der Waals surface area contributed by atoms with Gasteiger partial charge in [0.15, 0.2) is 0 Å². The van der Waals surface area contributed by atoms with Gasteiger partial charge < -0.3 is 14.2 Å². The summed E-state index contributed by atoms with van der Waals surface area (Å²) in [7, 11) is 3.21. The fourth-order valence-corrected chi connectivity index (χ4v) is 1.33. The molecule has 0 aromatic heterocycles. The van der Waals surface area contributed by atoms with Crippen LogP contribution in [0.25, 0.3) is 0 Å². The van der Waals surface area contributed by atoms with E-state index in [2.05, 4.69) is 0 Å². The van der Waals surface area contributed by atoms with Crippen LogP contribution >= 0.6 is 0 Å². The Hall–Kier alpha value is -0.200. The third kappa shape index (κ3) is 1.94. The van der Waals surface area contributed by atoms with Crippen LogP contribution in [0, 0.1) is 0 Å². The van der Waals surface area contributed by atoms with Crippen molar-refractivity contribution in [3.8, 4) is 0 Å². The average Bonchev–Trinajstić information content (AvgIpc) is 2.47. The maximum atomic E-state index is 5.35. The van der Waals surface area contributed by atoms with Gasteiger partial charge in [0.1, 0.15) is 18.3 Å². The molecule has 0 spiro atoms. The predicted molar refractivity (Wildman–Crippen MR) is 41.5 cm³/mol. The van der Waals surface area contributed by atoms with Crippen LogP contribution in [0.2, 0.25) is 0 Å². The van der Waals surface area contributed by atoms with Crippen LogP contribution in [0.15, 0.2) is 0 Å². The van der Waals surface area contributed by atoms with Crippen molar-refractivity contribution in [3.63, 3.8) is 0 Å². The van der Waals surface area contributed by atoms with Crippen LogP contribution in [-0.4, -0.2) is 45.7 Å². The van der Waals surface area contributed by atoms with Crippen molar-refractivity contribution in [1.29, 1.82) is 0 Å². The number of hydrogen-bond donors (Lipinski definition) is 1. The molecule has 0 aliphatic carbocycles. The molecule has 0 aromatic rings. The second-order valence-corrected chi connectivity index (χ2v) is 2.70. The van der Waals surface area contributed by atoms with Gasteiger partial charge in [0, 0.05) is 14.2 Å². The van der Waals surface area contributed by atoms with Crippen molar-refractivity contribution in [2.24, 2.45) is 5.90 Å². The van der Waals surface area contributed by atoms with E-state index >= 15 is 0 Å². The number of nitrogens with two attached hydrogens (primary N) is 1. The van der Waals surface area contributed by atoms with Crippen molar-refractivity contribution in [1.82, 2.24) is 0 Å². The molecule has 0 amide bonds. The van der Waals surface area contributed by atoms with E-state index in [0.717, 1.165) is 0 Å². The van der Waals surface area contributed by atoms with E-state index in [0.29, 0.717) is 13.2 Å². The Morgan fingerprint density at radius 3 is 2.75 bits per heavy atom. The molecule has 12 heavy (non-hydrogen) atoms. The first kappa shape index (κ1) is 9.88. The zero-order valence-corrected chi connectivity index (χ0v) is 7.36. The highest BCUT2D eigenvalue weighted by molar-refractivity contribution is 4.85. The average molecular weight is 177 g/mol. The van der Waals surface area contributed by atoms with Gasteiger partial charge in [0.25, 0.3) is 0 Å². The van der Waals surface area contributed by atoms with Crippen molar-refractivity contribution in [2.75, 3.05) is 27.4 Å². The molecule has 2 N–H and O–H groups in total. The Morgan fingerprint density at radius 1 is 1.50 bits per heavy atom. The van der Waals surface area contributed by atoms with Gasteiger partial charge in [-0.1, -0.05) is 0 Å². The van der Waals surface area contributed by atoms with Gasteiger partial charge in [-0.25, -0.2) is 5.90 Å². The third-order valence-electron chi connectivity index (χ3n) is 2.00. The molecule has 5 nitrogen and oxygen atoms in total. The van der Waals surface area contributed by atoms with Gasteiger partial charge in [-0.3, -0.25) is 4.84 Å². The monoisotopic (exact) mass is 177 g/mol. The van der Waals surface area contributed by atoms with Crippen molar-refractivity contribution in [3.05, 3.63) is 0 Å². The molecule has 1 aliphatic rings. The highest BCUT2D eigenvalue weighted by atomic mass is 16.7. The molecule has 0 radical (unpaired) electrons. The molecule has 0 bridgehead atoms. The van der Waals surface area contributed by atoms with E-state index in [1.165, 1.54) is 0 Å². The van der Waals surface area contributed by atoms with Gasteiger partial charge in [-0.15, -0.1) is 0 Å². The fourth-order valence-electron chi connectivity index (χ4n) is 1.33. The SMILES string of the molecule is COCC1OCC(OC)C1ON. The van der Waals surface area contributed by atoms with Crippen LogP contribution in [0.4, 0.5) is 0 Å². The largest absolute Gasteiger partial charge is 0.382 e. The number of methoxy groups -OCH3 is 2. The minimum absolute atomic E-state index is 0.0878. The van der Waals surface area contributed by atoms with E-state index in [-0.39, 0.29) is 18.3 Å². The lowest BCUT2D eigenvalue weighted by Crippen LogP contribution is -2.38. The molecule has 5 heteroatoms. The lowest BCUT2D eigenvalue weighted by molar-refractivity contribution is -0.0675. The van der Waals surface area contributed by atoms with Gasteiger partial charge in [-0.05, 0) is 0 Å². The molecule has 1 rings (SSSR count). The molecule has 0 aromatic carbocycles. The summed E-state index contributed by atoms with van der Waals surface area (Å²) in [4.78, 5) is 4.75. The van der Waals surface area contributed by atoms with E-state index in [9.17, 15) is 0 Å². The first-order valence-electron chi connectivity index (χ1n) is 3.82. The molecule has 1 heterocycles. The zero-order chi connectivity index (χ0) is 8.97. The minimum atomic E-state index is -0.227. The summed E-state index contributed by atoms with van der Waals surface area (Å²) >= 11 is 0. The first-order chi connectivity index (χ1) is 5.83. The second kappa shape index (κ2) is 4.74. The maximum absolute atomic E-state index is 5.35. The van der Waals surface area contributed by atoms with Crippen molar-refractivity contribution in [2.45, 2.75) is 18.3 Å². The van der Waals surface area contributed by atoms with E-state index < -0.39 is 0 Å². The first-order valence-corrected chi connectivity index (χ1v) is 3.82. The van der Waals surface area contributed by atoms with E-state index in [4.69, 9.17) is 24.9 Å². The van der Waals surface area contributed by atoms with Crippen LogP contribution in [-0.2, 0) is 19.0 Å². The zero-order valence-electron chi connectivity index (χ0n) is 7.36. The highest BCUT2D eigenvalue weighted by Gasteiger charge is 2.38. The lowest BCUT2D eigenvalue weighted by atomic mass is 10.1. The standard InChI is InChI=1S/C7H15NO4/c1-9-3-6-7(12-8)5(10-2)4-11-6/h5-7H,3-4,8H2,1-2H3. The Balaban J connectivity index is 2.44. The van der Waals surface area contributed by atoms with Gasteiger partial charge in [0.05, 0.1) is 13.2 Å². The molecule has 1 saturated heterocycles. The summed E-state index contributed by atoms with van der Waals surface area (Å²) in [6.45, 7) is 0.980. The summed E-state index contributed by atoms with van der Waals surface area (Å²) in [5.74, 6) is 5.10. The second-order valence-electron chi connectivity index (χ2n) is 2.70. The minimum Gasteiger partial charge on any atom is -0.382 e. The van der Waals surface area contributed by atoms with E-state index in [1.807, 2.05) is 0 Å². The van der Waals surface area contributed by atoms with Gasteiger partial charge in [-0.2, -0.15) is 0 Å². The molecule has 1 fully saturated rings. The molecule has 3 atom stereocenters. The molecule has 1 aliphatic heterocycles. The van der Waals surface area contributed by atoms with Crippen molar-refractivity contribution >= 4 is 0 Å². The van der Waals surface area contributed by atoms with Crippen LogP contribution in [0.1, 0.15) is 0 Å². The maximum Gasteiger partial charge on any atom is 0.135 e. The third-order valence-corrected chi connectivity index (χ3v) is 2.00. The summed E-state index contributed by atoms with van der Waals surface area (Å²) < 4.78 is 15.4. The van der Waals surface area contributed by atoms with Gasteiger partial charge >= 0.3 is 0 Å². The fraction of sp³-hybridized carbons (Fsp3) is 1.00. The number of rotatable bonds is 4. The van der Waals surface area contributed by atoms with E-state index in [1.54, 1.807) is 14.2 Å². The Labute approximate surface area is 71.7 Å². The summed E-state index contributed by atoms with van der Waals surface area (Å²) in [6.07, 6.45) is -0.435. The van der Waals surface area contributed by atoms with Crippen LogP contribution in [0.3, 0.4) is 0 Å². The van der Waals surface area contributed by atoms with Crippen LogP contribution in [0.5, 0.6) is 0 Å². The topological polar surface area (TPSA) is 62.9 Å². The van der Waals surface area contributed by atoms with Crippen LogP contribution < -0.4 is 5.90 Å². The van der Waals surface area contributed by atoms with Gasteiger partial charge in [0.2, 0.25) is 0 Å². The predicted octanol–water partition coefficient (Wildman–Crippen LogP) is -0.694. The molecular formula is C7H15NO4. The summed E-state index contributed by atoms with van der Waals surface area (Å²) in [5, 5.41) is 0. The molecule has 3 unspecified atom stereocenters. The Bertz CT molecular complexity index is 133. The highest BCUT2D eigenvalue weighted by Crippen LogP contribution is 2.18. The summed E-state index contributed by atoms with van der Waals surface area (Å²) in [5.41, 5.74) is 0. The Morgan fingerprint density at radius 2 is 2.25 bits per heavy atom. The normalized spacial score (nSPS) is 35.8. The number of hydrogen-bond acceptors (Lipinski definition) is 5. The summed E-state index contributed by atoms with van der Waals surface area (Å²) in [6, 6.07) is 0. The molecular weight excluding hydrogens is 162 g/mol. The number of ether oxygens (including phenoxy) is 3. The Kier molecular flexibility index (Phi) is 3.90. The molecule has 72 valence electrons.